The van der Waals surface area contributed by atoms with E-state index in [2.05, 4.69) is 12.2 Å². The smallest absolute Gasteiger partial charge is 0.0555 e. The molecule has 0 aromatic rings. The summed E-state index contributed by atoms with van der Waals surface area (Å²) in [5.74, 6) is 0.893. The van der Waals surface area contributed by atoms with Crippen LogP contribution in [0.5, 0.6) is 0 Å². The Hall–Kier alpha value is -0.0800. The predicted octanol–water partition coefficient (Wildman–Crippen LogP) is 2.46. The largest absolute Gasteiger partial charge is 0.393 e. The molecule has 4 unspecified atom stereocenters. The van der Waals surface area contributed by atoms with Crippen LogP contribution in [0.3, 0.4) is 0 Å². The van der Waals surface area contributed by atoms with Crippen molar-refractivity contribution in [2.45, 2.75) is 76.5 Å². The van der Waals surface area contributed by atoms with Crippen molar-refractivity contribution in [3.05, 3.63) is 0 Å². The van der Waals surface area contributed by atoms with Gasteiger partial charge in [0, 0.05) is 12.1 Å². The van der Waals surface area contributed by atoms with Gasteiger partial charge in [-0.2, -0.15) is 0 Å². The molecule has 2 rings (SSSR count). The number of hydrogen-bond acceptors (Lipinski definition) is 2. The predicted molar refractivity (Wildman–Crippen MR) is 62.8 cm³/mol. The van der Waals surface area contributed by atoms with E-state index in [1.807, 2.05) is 0 Å². The lowest BCUT2D eigenvalue weighted by molar-refractivity contribution is 0.105. The van der Waals surface area contributed by atoms with E-state index in [-0.39, 0.29) is 6.10 Å². The van der Waals surface area contributed by atoms with Crippen LogP contribution in [-0.4, -0.2) is 23.3 Å². The standard InChI is InChI=1S/C13H25NO/c1-10-4-2-5-11(8-10)14-12-6-3-7-13(15)9-12/h10-15H,2-9H2,1H3. The fourth-order valence-corrected chi connectivity index (χ4v) is 3.23. The maximum absolute atomic E-state index is 9.62. The Morgan fingerprint density at radius 1 is 0.933 bits per heavy atom. The molecule has 0 radical (unpaired) electrons. The van der Waals surface area contributed by atoms with Gasteiger partial charge < -0.3 is 10.4 Å². The zero-order valence-corrected chi connectivity index (χ0v) is 9.91. The first-order valence-corrected chi connectivity index (χ1v) is 6.68. The second kappa shape index (κ2) is 5.31. The molecule has 2 saturated carbocycles. The minimum atomic E-state index is -0.0442. The van der Waals surface area contributed by atoms with Crippen LogP contribution in [0.1, 0.15) is 58.3 Å². The fourth-order valence-electron chi connectivity index (χ4n) is 3.23. The molecule has 0 aliphatic heterocycles. The first-order chi connectivity index (χ1) is 7.24. The molecule has 0 aromatic heterocycles. The molecule has 2 fully saturated rings. The molecular weight excluding hydrogens is 186 g/mol. The number of nitrogens with one attached hydrogen (secondary N) is 1. The highest BCUT2D eigenvalue weighted by Gasteiger charge is 2.25. The van der Waals surface area contributed by atoms with E-state index in [0.29, 0.717) is 6.04 Å². The third-order valence-electron chi connectivity index (χ3n) is 4.05. The van der Waals surface area contributed by atoms with Gasteiger partial charge in [0.15, 0.2) is 0 Å². The molecule has 2 N–H and O–H groups in total. The molecule has 0 aromatic carbocycles. The van der Waals surface area contributed by atoms with Crippen LogP contribution in [0, 0.1) is 5.92 Å². The van der Waals surface area contributed by atoms with Gasteiger partial charge in [-0.3, -0.25) is 0 Å². The summed E-state index contributed by atoms with van der Waals surface area (Å²) in [5.41, 5.74) is 0. The second-order valence-corrected chi connectivity index (χ2v) is 5.65. The molecule has 0 heterocycles. The van der Waals surface area contributed by atoms with E-state index in [1.54, 1.807) is 0 Å². The highest BCUT2D eigenvalue weighted by Crippen LogP contribution is 2.26. The van der Waals surface area contributed by atoms with Gasteiger partial charge in [-0.15, -0.1) is 0 Å². The lowest BCUT2D eigenvalue weighted by atomic mass is 9.85. The molecule has 2 aliphatic rings. The fraction of sp³-hybridized carbons (Fsp3) is 1.00. The number of rotatable bonds is 2. The molecule has 0 bridgehead atoms. The van der Waals surface area contributed by atoms with Gasteiger partial charge in [-0.1, -0.05) is 19.8 Å². The Balaban J connectivity index is 1.75. The lowest BCUT2D eigenvalue weighted by Gasteiger charge is -2.34. The van der Waals surface area contributed by atoms with Crippen molar-refractivity contribution in [3.63, 3.8) is 0 Å². The highest BCUT2D eigenvalue weighted by atomic mass is 16.3. The van der Waals surface area contributed by atoms with Gasteiger partial charge in [0.2, 0.25) is 0 Å². The first-order valence-electron chi connectivity index (χ1n) is 6.68. The number of aliphatic hydroxyl groups excluding tert-OH is 1. The third kappa shape index (κ3) is 3.46. The van der Waals surface area contributed by atoms with Gasteiger partial charge in [-0.05, 0) is 44.4 Å². The van der Waals surface area contributed by atoms with E-state index >= 15 is 0 Å². The summed E-state index contributed by atoms with van der Waals surface area (Å²) in [4.78, 5) is 0. The summed E-state index contributed by atoms with van der Waals surface area (Å²) in [6, 6.07) is 1.31. The van der Waals surface area contributed by atoms with E-state index in [1.165, 1.54) is 38.5 Å². The summed E-state index contributed by atoms with van der Waals surface area (Å²) >= 11 is 0. The van der Waals surface area contributed by atoms with Gasteiger partial charge in [0.05, 0.1) is 6.10 Å². The summed E-state index contributed by atoms with van der Waals surface area (Å²) in [5, 5.41) is 13.4. The van der Waals surface area contributed by atoms with Crippen molar-refractivity contribution in [3.8, 4) is 0 Å². The monoisotopic (exact) mass is 211 g/mol. The summed E-state index contributed by atoms with van der Waals surface area (Å²) < 4.78 is 0. The molecule has 2 heteroatoms. The van der Waals surface area contributed by atoms with Crippen molar-refractivity contribution in [2.24, 2.45) is 5.92 Å². The van der Waals surface area contributed by atoms with Crippen molar-refractivity contribution in [2.75, 3.05) is 0 Å². The Morgan fingerprint density at radius 3 is 2.27 bits per heavy atom. The molecule has 0 amide bonds. The Morgan fingerprint density at radius 2 is 1.60 bits per heavy atom. The number of hydrogen-bond donors (Lipinski definition) is 2. The number of aliphatic hydroxyl groups is 1. The molecular formula is C13H25NO. The van der Waals surface area contributed by atoms with Crippen LogP contribution in [0.15, 0.2) is 0 Å². The normalized spacial score (nSPS) is 42.8. The van der Waals surface area contributed by atoms with Crippen LogP contribution < -0.4 is 5.32 Å². The van der Waals surface area contributed by atoms with Gasteiger partial charge in [-0.25, -0.2) is 0 Å². The maximum atomic E-state index is 9.62. The first kappa shape index (κ1) is 11.4. The van der Waals surface area contributed by atoms with Crippen molar-refractivity contribution in [1.29, 1.82) is 0 Å². The Labute approximate surface area is 93.5 Å². The average molecular weight is 211 g/mol. The SMILES string of the molecule is CC1CCCC(NC2CCCC(O)C2)C1. The molecule has 2 nitrogen and oxygen atoms in total. The van der Waals surface area contributed by atoms with Crippen LogP contribution in [0.2, 0.25) is 0 Å². The average Bonchev–Trinajstić information content (AvgIpc) is 2.17. The van der Waals surface area contributed by atoms with E-state index in [4.69, 9.17) is 0 Å². The molecule has 88 valence electrons. The van der Waals surface area contributed by atoms with Crippen LogP contribution in [-0.2, 0) is 0 Å². The second-order valence-electron chi connectivity index (χ2n) is 5.65. The van der Waals surface area contributed by atoms with Crippen molar-refractivity contribution in [1.82, 2.24) is 5.32 Å². The zero-order valence-electron chi connectivity index (χ0n) is 9.91. The van der Waals surface area contributed by atoms with E-state index in [0.717, 1.165) is 24.8 Å². The summed E-state index contributed by atoms with van der Waals surface area (Å²) in [7, 11) is 0. The van der Waals surface area contributed by atoms with Crippen LogP contribution in [0.4, 0.5) is 0 Å². The Kier molecular flexibility index (Phi) is 4.04. The molecule has 15 heavy (non-hydrogen) atoms. The van der Waals surface area contributed by atoms with E-state index in [9.17, 15) is 5.11 Å². The molecule has 4 atom stereocenters. The quantitative estimate of drug-likeness (QED) is 0.735. The molecule has 0 spiro atoms. The maximum Gasteiger partial charge on any atom is 0.0555 e. The van der Waals surface area contributed by atoms with Gasteiger partial charge in [0.25, 0.3) is 0 Å². The van der Waals surface area contributed by atoms with Crippen LogP contribution in [0.25, 0.3) is 0 Å². The zero-order chi connectivity index (χ0) is 10.7. The highest BCUT2D eigenvalue weighted by molar-refractivity contribution is 4.83. The minimum absolute atomic E-state index is 0.0442. The van der Waals surface area contributed by atoms with Crippen molar-refractivity contribution < 1.29 is 5.11 Å². The molecule has 0 saturated heterocycles. The van der Waals surface area contributed by atoms with Crippen LogP contribution >= 0.6 is 0 Å². The molecule has 2 aliphatic carbocycles. The minimum Gasteiger partial charge on any atom is -0.393 e. The van der Waals surface area contributed by atoms with Gasteiger partial charge >= 0.3 is 0 Å². The van der Waals surface area contributed by atoms with E-state index < -0.39 is 0 Å². The summed E-state index contributed by atoms with van der Waals surface area (Å²) in [6.07, 6.45) is 9.88. The lowest BCUT2D eigenvalue weighted by Crippen LogP contribution is -2.44. The van der Waals surface area contributed by atoms with Crippen molar-refractivity contribution >= 4 is 0 Å². The topological polar surface area (TPSA) is 32.3 Å². The Bertz CT molecular complexity index is 175. The van der Waals surface area contributed by atoms with Gasteiger partial charge in [0.1, 0.15) is 0 Å². The third-order valence-corrected chi connectivity index (χ3v) is 4.05. The summed E-state index contributed by atoms with van der Waals surface area (Å²) in [6.45, 7) is 2.36.